The molecule has 1 nitrogen and oxygen atoms in total. The van der Waals surface area contributed by atoms with Gasteiger partial charge in [-0.05, 0) is 36.6 Å². The lowest BCUT2D eigenvalue weighted by Gasteiger charge is -2.21. The second-order valence-corrected chi connectivity index (χ2v) is 4.49. The molecule has 1 N–H and O–H groups in total. The van der Waals surface area contributed by atoms with Crippen molar-refractivity contribution in [2.45, 2.75) is 12.8 Å². The van der Waals surface area contributed by atoms with Gasteiger partial charge in [0.15, 0.2) is 0 Å². The summed E-state index contributed by atoms with van der Waals surface area (Å²) in [5.74, 6) is -0.808. The number of rotatable bonds is 1. The third-order valence-corrected chi connectivity index (χ3v) is 3.29. The number of anilines is 1. The second kappa shape index (κ2) is 4.41. The van der Waals surface area contributed by atoms with Gasteiger partial charge in [0.1, 0.15) is 11.6 Å². The van der Waals surface area contributed by atoms with Gasteiger partial charge in [-0.1, -0.05) is 18.2 Å². The number of para-hydroxylation sites is 1. The van der Waals surface area contributed by atoms with Crippen molar-refractivity contribution < 1.29 is 8.78 Å². The summed E-state index contributed by atoms with van der Waals surface area (Å²) < 4.78 is 27.1. The zero-order chi connectivity index (χ0) is 12.5. The Morgan fingerprint density at radius 3 is 2.78 bits per heavy atom. The van der Waals surface area contributed by atoms with E-state index in [2.05, 4.69) is 5.32 Å². The molecule has 92 valence electrons. The minimum absolute atomic E-state index is 0.321. The number of hydrogen-bond donors (Lipinski definition) is 1. The monoisotopic (exact) mass is 245 g/mol. The number of fused-ring (bicyclic) bond motifs is 1. The van der Waals surface area contributed by atoms with E-state index >= 15 is 0 Å². The molecule has 0 saturated carbocycles. The lowest BCUT2D eigenvalue weighted by atomic mass is 9.95. The van der Waals surface area contributed by atoms with Crippen LogP contribution in [0.25, 0.3) is 11.1 Å². The van der Waals surface area contributed by atoms with Crippen LogP contribution in [0.15, 0.2) is 36.4 Å². The number of hydrogen-bond acceptors (Lipinski definition) is 1. The Hall–Kier alpha value is -1.90. The maximum atomic E-state index is 13.8. The van der Waals surface area contributed by atoms with E-state index in [0.29, 0.717) is 5.56 Å². The van der Waals surface area contributed by atoms with Crippen LogP contribution in [0.1, 0.15) is 12.0 Å². The average Bonchev–Trinajstić information content (AvgIpc) is 2.41. The summed E-state index contributed by atoms with van der Waals surface area (Å²) in [5, 5.41) is 3.29. The Kier molecular flexibility index (Phi) is 2.74. The molecule has 0 aromatic heterocycles. The van der Waals surface area contributed by atoms with Crippen molar-refractivity contribution in [3.05, 3.63) is 53.6 Å². The molecule has 0 fully saturated rings. The maximum absolute atomic E-state index is 13.8. The van der Waals surface area contributed by atoms with Gasteiger partial charge in [0, 0.05) is 23.4 Å². The summed E-state index contributed by atoms with van der Waals surface area (Å²) in [6.07, 6.45) is 2.05. The fourth-order valence-electron chi connectivity index (χ4n) is 2.44. The molecule has 18 heavy (non-hydrogen) atoms. The van der Waals surface area contributed by atoms with E-state index in [1.54, 1.807) is 0 Å². The van der Waals surface area contributed by atoms with Crippen molar-refractivity contribution in [3.63, 3.8) is 0 Å². The SMILES string of the molecule is Fc1ccc(F)c(-c2cccc3c2NCCC3)c1. The molecule has 1 heterocycles. The predicted octanol–water partition coefficient (Wildman–Crippen LogP) is 3.99. The Labute approximate surface area is 104 Å². The Bertz CT molecular complexity index is 593. The van der Waals surface area contributed by atoms with Crippen molar-refractivity contribution in [2.75, 3.05) is 11.9 Å². The van der Waals surface area contributed by atoms with Crippen molar-refractivity contribution in [1.29, 1.82) is 0 Å². The van der Waals surface area contributed by atoms with Crippen LogP contribution in [-0.2, 0) is 6.42 Å². The van der Waals surface area contributed by atoms with E-state index in [1.807, 2.05) is 18.2 Å². The van der Waals surface area contributed by atoms with Crippen LogP contribution in [0.5, 0.6) is 0 Å². The van der Waals surface area contributed by atoms with Gasteiger partial charge in [0.25, 0.3) is 0 Å². The van der Waals surface area contributed by atoms with Crippen LogP contribution >= 0.6 is 0 Å². The molecule has 3 heteroatoms. The molecule has 1 aliphatic rings. The highest BCUT2D eigenvalue weighted by molar-refractivity contribution is 5.81. The van der Waals surface area contributed by atoms with Gasteiger partial charge in [0.2, 0.25) is 0 Å². The van der Waals surface area contributed by atoms with Crippen molar-refractivity contribution in [1.82, 2.24) is 0 Å². The molecule has 0 unspecified atom stereocenters. The van der Waals surface area contributed by atoms with E-state index in [9.17, 15) is 8.78 Å². The molecule has 3 rings (SSSR count). The first kappa shape index (κ1) is 11.2. The number of halogens is 2. The Morgan fingerprint density at radius 1 is 1.00 bits per heavy atom. The van der Waals surface area contributed by atoms with Gasteiger partial charge in [-0.15, -0.1) is 0 Å². The van der Waals surface area contributed by atoms with Crippen LogP contribution in [0.2, 0.25) is 0 Å². The van der Waals surface area contributed by atoms with Gasteiger partial charge in [-0.3, -0.25) is 0 Å². The van der Waals surface area contributed by atoms with E-state index in [-0.39, 0.29) is 0 Å². The third kappa shape index (κ3) is 1.86. The standard InChI is InChI=1S/C15H13F2N/c16-11-6-7-14(17)13(9-11)12-5-1-3-10-4-2-8-18-15(10)12/h1,3,5-7,9,18H,2,4,8H2. The average molecular weight is 245 g/mol. The van der Waals surface area contributed by atoms with E-state index in [1.165, 1.54) is 17.7 Å². The molecule has 0 saturated heterocycles. The van der Waals surface area contributed by atoms with Crippen LogP contribution in [0.3, 0.4) is 0 Å². The first-order valence-corrected chi connectivity index (χ1v) is 6.07. The van der Waals surface area contributed by atoms with Crippen molar-refractivity contribution >= 4 is 5.69 Å². The minimum atomic E-state index is -0.417. The van der Waals surface area contributed by atoms with Gasteiger partial charge < -0.3 is 5.32 Å². The summed E-state index contributed by atoms with van der Waals surface area (Å²) in [4.78, 5) is 0. The molecule has 0 spiro atoms. The first-order valence-electron chi connectivity index (χ1n) is 6.07. The fraction of sp³-hybridized carbons (Fsp3) is 0.200. The lowest BCUT2D eigenvalue weighted by molar-refractivity contribution is 0.603. The molecular formula is C15H13F2N. The molecular weight excluding hydrogens is 232 g/mol. The molecule has 0 amide bonds. The molecule has 2 aromatic carbocycles. The third-order valence-electron chi connectivity index (χ3n) is 3.29. The summed E-state index contributed by atoms with van der Waals surface area (Å²) in [6, 6.07) is 9.32. The van der Waals surface area contributed by atoms with E-state index in [4.69, 9.17) is 0 Å². The summed E-state index contributed by atoms with van der Waals surface area (Å²) in [5.41, 5.74) is 3.17. The van der Waals surface area contributed by atoms with Gasteiger partial charge in [-0.25, -0.2) is 8.78 Å². The highest BCUT2D eigenvalue weighted by atomic mass is 19.1. The van der Waals surface area contributed by atoms with Crippen molar-refractivity contribution in [3.8, 4) is 11.1 Å². The van der Waals surface area contributed by atoms with Crippen LogP contribution in [0, 0.1) is 11.6 Å². The minimum Gasteiger partial charge on any atom is -0.384 e. The van der Waals surface area contributed by atoms with Crippen LogP contribution < -0.4 is 5.32 Å². The van der Waals surface area contributed by atoms with Gasteiger partial charge >= 0.3 is 0 Å². The fourth-order valence-corrected chi connectivity index (χ4v) is 2.44. The molecule has 1 aliphatic heterocycles. The summed E-state index contributed by atoms with van der Waals surface area (Å²) in [6.45, 7) is 0.876. The lowest BCUT2D eigenvalue weighted by Crippen LogP contribution is -2.12. The topological polar surface area (TPSA) is 12.0 Å². The highest BCUT2D eigenvalue weighted by Gasteiger charge is 2.16. The number of aryl methyl sites for hydroxylation is 1. The van der Waals surface area contributed by atoms with Gasteiger partial charge in [0.05, 0.1) is 0 Å². The predicted molar refractivity (Wildman–Crippen MR) is 68.6 cm³/mol. The van der Waals surface area contributed by atoms with Crippen LogP contribution in [-0.4, -0.2) is 6.54 Å². The van der Waals surface area contributed by atoms with Gasteiger partial charge in [-0.2, -0.15) is 0 Å². The Balaban J connectivity index is 2.19. The summed E-state index contributed by atoms with van der Waals surface area (Å²) in [7, 11) is 0. The maximum Gasteiger partial charge on any atom is 0.131 e. The Morgan fingerprint density at radius 2 is 1.89 bits per heavy atom. The largest absolute Gasteiger partial charge is 0.384 e. The quantitative estimate of drug-likeness (QED) is 0.801. The number of nitrogens with one attached hydrogen (secondary N) is 1. The normalized spacial score (nSPS) is 13.9. The van der Waals surface area contributed by atoms with Crippen LogP contribution in [0.4, 0.5) is 14.5 Å². The molecule has 0 aliphatic carbocycles. The molecule has 2 aromatic rings. The van der Waals surface area contributed by atoms with E-state index in [0.717, 1.165) is 36.7 Å². The first-order chi connectivity index (χ1) is 8.75. The van der Waals surface area contributed by atoms with E-state index < -0.39 is 11.6 Å². The summed E-state index contributed by atoms with van der Waals surface area (Å²) >= 11 is 0. The van der Waals surface area contributed by atoms with Crippen molar-refractivity contribution in [2.24, 2.45) is 0 Å². The highest BCUT2D eigenvalue weighted by Crippen LogP contribution is 2.35. The molecule has 0 atom stereocenters. The zero-order valence-electron chi connectivity index (χ0n) is 9.84. The zero-order valence-corrected chi connectivity index (χ0v) is 9.84. The molecule has 0 bridgehead atoms. The molecule has 0 radical (unpaired) electrons. The number of benzene rings is 2. The second-order valence-electron chi connectivity index (χ2n) is 4.49. The smallest absolute Gasteiger partial charge is 0.131 e.